The molecule has 2 rings (SSSR count). The fourth-order valence-electron chi connectivity index (χ4n) is 2.90. The summed E-state index contributed by atoms with van der Waals surface area (Å²) in [5.74, 6) is -0.484. The lowest BCUT2D eigenvalue weighted by molar-refractivity contribution is -0.124. The van der Waals surface area contributed by atoms with Crippen LogP contribution in [0.5, 0.6) is 0 Å². The van der Waals surface area contributed by atoms with Crippen LogP contribution in [0.1, 0.15) is 43.4 Å². The molecule has 2 amide bonds. The van der Waals surface area contributed by atoms with Crippen molar-refractivity contribution in [2.45, 2.75) is 40.5 Å². The molecular formula is C23H30N4O2. The number of hydrogen-bond acceptors (Lipinski definition) is 4. The standard InChI is InChI=1S/C23H30N4O2/c1-5-27(6-2)20-11-9-19(10-12-20)16-24-26-23(29)14-13-22(28)25-21-15-17(3)7-8-18(21)4/h7-12,15-16H,5-6,13-14H2,1-4H3,(H,25,28)(H,26,29). The molecule has 0 unspecified atom stereocenters. The first-order valence-corrected chi connectivity index (χ1v) is 9.97. The van der Waals surface area contributed by atoms with Crippen molar-refractivity contribution in [1.29, 1.82) is 0 Å². The maximum atomic E-state index is 12.1. The molecule has 0 spiro atoms. The van der Waals surface area contributed by atoms with Crippen molar-refractivity contribution in [1.82, 2.24) is 5.43 Å². The first-order chi connectivity index (χ1) is 13.9. The van der Waals surface area contributed by atoms with Crippen LogP contribution in [0.2, 0.25) is 0 Å². The minimum Gasteiger partial charge on any atom is -0.372 e. The molecule has 2 aromatic rings. The highest BCUT2D eigenvalue weighted by atomic mass is 16.2. The van der Waals surface area contributed by atoms with Crippen LogP contribution in [-0.4, -0.2) is 31.1 Å². The summed E-state index contributed by atoms with van der Waals surface area (Å²) in [4.78, 5) is 26.3. The normalized spacial score (nSPS) is 10.8. The predicted octanol–water partition coefficient (Wildman–Crippen LogP) is 4.02. The van der Waals surface area contributed by atoms with Gasteiger partial charge in [-0.1, -0.05) is 24.3 Å². The van der Waals surface area contributed by atoms with Crippen molar-refractivity contribution in [3.63, 3.8) is 0 Å². The van der Waals surface area contributed by atoms with E-state index in [-0.39, 0.29) is 24.7 Å². The van der Waals surface area contributed by atoms with Crippen LogP contribution < -0.4 is 15.6 Å². The lowest BCUT2D eigenvalue weighted by atomic mass is 10.1. The Hall–Kier alpha value is -3.15. The molecule has 29 heavy (non-hydrogen) atoms. The number of carbonyl (C=O) groups is 2. The van der Waals surface area contributed by atoms with Gasteiger partial charge in [-0.05, 0) is 62.6 Å². The molecule has 0 saturated heterocycles. The Balaban J connectivity index is 1.77. The average Bonchev–Trinajstić information content (AvgIpc) is 2.71. The molecule has 0 aliphatic carbocycles. The maximum absolute atomic E-state index is 12.1. The van der Waals surface area contributed by atoms with Crippen LogP contribution >= 0.6 is 0 Å². The minimum atomic E-state index is -0.294. The summed E-state index contributed by atoms with van der Waals surface area (Å²) in [7, 11) is 0. The molecule has 0 atom stereocenters. The summed E-state index contributed by atoms with van der Waals surface area (Å²) >= 11 is 0. The average molecular weight is 395 g/mol. The third-order valence-corrected chi connectivity index (χ3v) is 4.67. The second-order valence-electron chi connectivity index (χ2n) is 6.92. The molecule has 0 radical (unpaired) electrons. The second kappa shape index (κ2) is 11.0. The number of benzene rings is 2. The largest absolute Gasteiger partial charge is 0.372 e. The van der Waals surface area contributed by atoms with Crippen molar-refractivity contribution < 1.29 is 9.59 Å². The van der Waals surface area contributed by atoms with Crippen LogP contribution in [0, 0.1) is 13.8 Å². The Morgan fingerprint density at radius 1 is 0.966 bits per heavy atom. The fraction of sp³-hybridized carbons (Fsp3) is 0.348. The first kappa shape index (κ1) is 22.1. The van der Waals surface area contributed by atoms with Gasteiger partial charge in [-0.3, -0.25) is 9.59 Å². The maximum Gasteiger partial charge on any atom is 0.240 e. The van der Waals surface area contributed by atoms with E-state index in [0.29, 0.717) is 0 Å². The molecule has 0 aliphatic heterocycles. The summed E-state index contributed by atoms with van der Waals surface area (Å²) in [6, 6.07) is 13.9. The summed E-state index contributed by atoms with van der Waals surface area (Å²) in [6.07, 6.45) is 1.78. The van der Waals surface area contributed by atoms with Gasteiger partial charge in [0.05, 0.1) is 6.21 Å². The quantitative estimate of drug-likeness (QED) is 0.498. The van der Waals surface area contributed by atoms with Crippen molar-refractivity contribution in [2.75, 3.05) is 23.3 Å². The SMILES string of the molecule is CCN(CC)c1ccc(C=NNC(=O)CCC(=O)Nc2cc(C)ccc2C)cc1. The highest BCUT2D eigenvalue weighted by Crippen LogP contribution is 2.17. The molecule has 6 heteroatoms. The van der Waals surface area contributed by atoms with E-state index in [9.17, 15) is 9.59 Å². The van der Waals surface area contributed by atoms with Gasteiger partial charge in [0.15, 0.2) is 0 Å². The molecule has 2 N–H and O–H groups in total. The Bertz CT molecular complexity index is 856. The van der Waals surface area contributed by atoms with E-state index in [4.69, 9.17) is 0 Å². The predicted molar refractivity (Wildman–Crippen MR) is 120 cm³/mol. The number of nitrogens with zero attached hydrogens (tertiary/aromatic N) is 2. The molecule has 2 aromatic carbocycles. The molecule has 6 nitrogen and oxygen atoms in total. The molecule has 0 heterocycles. The van der Waals surface area contributed by atoms with Gasteiger partial charge in [0.2, 0.25) is 11.8 Å². The van der Waals surface area contributed by atoms with Crippen LogP contribution in [0.25, 0.3) is 0 Å². The van der Waals surface area contributed by atoms with Gasteiger partial charge in [0, 0.05) is 37.3 Å². The number of aryl methyl sites for hydroxylation is 2. The topological polar surface area (TPSA) is 73.8 Å². The summed E-state index contributed by atoms with van der Waals surface area (Å²) in [5.41, 5.74) is 7.37. The summed E-state index contributed by atoms with van der Waals surface area (Å²) in [5, 5.41) is 6.83. The lowest BCUT2D eigenvalue weighted by Crippen LogP contribution is -2.21. The van der Waals surface area contributed by atoms with Gasteiger partial charge in [0.1, 0.15) is 0 Å². The van der Waals surface area contributed by atoms with Gasteiger partial charge < -0.3 is 10.2 Å². The highest BCUT2D eigenvalue weighted by molar-refractivity contribution is 5.94. The monoisotopic (exact) mass is 394 g/mol. The number of amides is 2. The lowest BCUT2D eigenvalue weighted by Gasteiger charge is -2.20. The highest BCUT2D eigenvalue weighted by Gasteiger charge is 2.08. The van der Waals surface area contributed by atoms with E-state index in [0.717, 1.165) is 41.2 Å². The number of hydrogen-bond donors (Lipinski definition) is 2. The van der Waals surface area contributed by atoms with Crippen molar-refractivity contribution in [3.05, 3.63) is 59.2 Å². The van der Waals surface area contributed by atoms with Gasteiger partial charge >= 0.3 is 0 Å². The van der Waals surface area contributed by atoms with E-state index in [1.54, 1.807) is 6.21 Å². The summed E-state index contributed by atoms with van der Waals surface area (Å²) < 4.78 is 0. The van der Waals surface area contributed by atoms with Crippen molar-refractivity contribution in [3.8, 4) is 0 Å². The zero-order valence-corrected chi connectivity index (χ0v) is 17.7. The molecule has 0 fully saturated rings. The summed E-state index contributed by atoms with van der Waals surface area (Å²) in [6.45, 7) is 10.1. The first-order valence-electron chi connectivity index (χ1n) is 9.97. The number of anilines is 2. The molecule has 0 bridgehead atoms. The number of rotatable bonds is 9. The fourth-order valence-corrected chi connectivity index (χ4v) is 2.90. The van der Waals surface area contributed by atoms with Crippen molar-refractivity contribution in [2.24, 2.45) is 5.10 Å². The zero-order chi connectivity index (χ0) is 21.2. The molecule has 0 saturated carbocycles. The molecular weight excluding hydrogens is 364 g/mol. The zero-order valence-electron chi connectivity index (χ0n) is 17.7. The van der Waals surface area contributed by atoms with Gasteiger partial charge in [-0.2, -0.15) is 5.10 Å². The van der Waals surface area contributed by atoms with E-state index < -0.39 is 0 Å². The Labute approximate surface area is 173 Å². The Morgan fingerprint density at radius 2 is 1.62 bits per heavy atom. The second-order valence-corrected chi connectivity index (χ2v) is 6.92. The number of hydrazone groups is 1. The van der Waals surface area contributed by atoms with E-state index in [1.807, 2.05) is 56.3 Å². The van der Waals surface area contributed by atoms with Crippen LogP contribution in [0.15, 0.2) is 47.6 Å². The van der Waals surface area contributed by atoms with Crippen LogP contribution in [0.3, 0.4) is 0 Å². The van der Waals surface area contributed by atoms with Crippen LogP contribution in [-0.2, 0) is 9.59 Å². The third-order valence-electron chi connectivity index (χ3n) is 4.67. The third kappa shape index (κ3) is 7.07. The van der Waals surface area contributed by atoms with Crippen molar-refractivity contribution >= 4 is 29.4 Å². The van der Waals surface area contributed by atoms with E-state index >= 15 is 0 Å². The molecule has 0 aromatic heterocycles. The Kier molecular flexibility index (Phi) is 8.40. The molecule has 0 aliphatic rings. The number of carbonyl (C=O) groups excluding carboxylic acids is 2. The van der Waals surface area contributed by atoms with Crippen LogP contribution in [0.4, 0.5) is 11.4 Å². The smallest absolute Gasteiger partial charge is 0.240 e. The van der Waals surface area contributed by atoms with E-state index in [1.165, 1.54) is 0 Å². The number of nitrogens with one attached hydrogen (secondary N) is 2. The van der Waals surface area contributed by atoms with E-state index in [2.05, 4.69) is 34.6 Å². The van der Waals surface area contributed by atoms with Gasteiger partial charge in [-0.25, -0.2) is 5.43 Å². The van der Waals surface area contributed by atoms with Gasteiger partial charge in [-0.15, -0.1) is 0 Å². The van der Waals surface area contributed by atoms with Gasteiger partial charge in [0.25, 0.3) is 0 Å². The molecule has 154 valence electrons. The Morgan fingerprint density at radius 3 is 2.28 bits per heavy atom. The minimum absolute atomic E-state index is 0.0783.